The maximum absolute atomic E-state index is 13.0. The van der Waals surface area contributed by atoms with E-state index in [9.17, 15) is 17.6 Å². The Labute approximate surface area is 197 Å². The van der Waals surface area contributed by atoms with E-state index in [2.05, 4.69) is 20.4 Å². The largest absolute Gasteiger partial charge is 0.346 e. The quantitative estimate of drug-likeness (QED) is 0.628. The van der Waals surface area contributed by atoms with Crippen LogP contribution in [0.2, 0.25) is 0 Å². The summed E-state index contributed by atoms with van der Waals surface area (Å²) in [5, 5.41) is 11.9. The molecule has 1 aromatic heterocycles. The predicted octanol–water partition coefficient (Wildman–Crippen LogP) is 1.85. The van der Waals surface area contributed by atoms with Gasteiger partial charge in [-0.15, -0.1) is 10.2 Å². The average molecular weight is 497 g/mol. The van der Waals surface area contributed by atoms with Crippen molar-refractivity contribution in [2.24, 2.45) is 0 Å². The van der Waals surface area contributed by atoms with E-state index in [1.54, 1.807) is 20.7 Å². The lowest BCUT2D eigenvalue weighted by Gasteiger charge is -2.36. The van der Waals surface area contributed by atoms with Gasteiger partial charge in [-0.3, -0.25) is 9.69 Å². The van der Waals surface area contributed by atoms with Crippen molar-refractivity contribution in [2.45, 2.75) is 38.8 Å². The molecule has 4 rings (SSSR count). The molecule has 2 fully saturated rings. The molecule has 2 saturated heterocycles. The fraction of sp³-hybridized carbons (Fsp3) is 0.571. The van der Waals surface area contributed by atoms with Crippen molar-refractivity contribution in [2.75, 3.05) is 39.3 Å². The van der Waals surface area contributed by atoms with Crippen molar-refractivity contribution in [1.82, 2.24) is 29.0 Å². The van der Waals surface area contributed by atoms with E-state index in [0.717, 1.165) is 31.2 Å². The first kappa shape index (κ1) is 24.1. The average Bonchev–Trinajstić information content (AvgIpc) is 3.10. The Hall–Kier alpha value is -1.99. The maximum Gasteiger partial charge on any atom is 0.282 e. The van der Waals surface area contributed by atoms with Gasteiger partial charge in [-0.2, -0.15) is 17.0 Å². The van der Waals surface area contributed by atoms with Gasteiger partial charge in [0.15, 0.2) is 0 Å². The molecular formula is C21H29FN6O3S2. The van der Waals surface area contributed by atoms with Gasteiger partial charge in [-0.05, 0) is 30.5 Å². The van der Waals surface area contributed by atoms with Crippen LogP contribution in [0.15, 0.2) is 24.3 Å². The predicted molar refractivity (Wildman–Crippen MR) is 123 cm³/mol. The summed E-state index contributed by atoms with van der Waals surface area (Å²) >= 11 is 1.23. The minimum atomic E-state index is -3.40. The second kappa shape index (κ2) is 11.0. The lowest BCUT2D eigenvalue weighted by atomic mass is 10.2. The number of nitrogens with one attached hydrogen (secondary N) is 1. The first-order valence-electron chi connectivity index (χ1n) is 11.2. The number of hydrogen-bond acceptors (Lipinski definition) is 7. The highest BCUT2D eigenvalue weighted by molar-refractivity contribution is 7.86. The van der Waals surface area contributed by atoms with Gasteiger partial charge in [0.05, 0.1) is 6.54 Å². The smallest absolute Gasteiger partial charge is 0.282 e. The molecule has 1 amide bonds. The van der Waals surface area contributed by atoms with E-state index in [1.807, 2.05) is 0 Å². The summed E-state index contributed by atoms with van der Waals surface area (Å²) < 4.78 is 42.1. The number of amides is 1. The fourth-order valence-electron chi connectivity index (χ4n) is 4.01. The Balaban J connectivity index is 1.25. The molecular weight excluding hydrogens is 467 g/mol. The number of piperazine rings is 1. The van der Waals surface area contributed by atoms with Crippen LogP contribution in [0.25, 0.3) is 0 Å². The minimum absolute atomic E-state index is 0.273. The number of carbonyl (C=O) groups excluding carboxylic acids is 1. The molecule has 0 unspecified atom stereocenters. The number of aromatic nitrogens is 2. The lowest BCUT2D eigenvalue weighted by Crippen LogP contribution is -2.52. The molecule has 33 heavy (non-hydrogen) atoms. The van der Waals surface area contributed by atoms with E-state index >= 15 is 0 Å². The Kier molecular flexibility index (Phi) is 8.02. The van der Waals surface area contributed by atoms with Crippen molar-refractivity contribution >= 4 is 27.5 Å². The van der Waals surface area contributed by atoms with Crippen LogP contribution < -0.4 is 5.32 Å². The van der Waals surface area contributed by atoms with Crippen LogP contribution in [0, 0.1) is 5.82 Å². The van der Waals surface area contributed by atoms with Gasteiger partial charge in [0.2, 0.25) is 5.01 Å². The van der Waals surface area contributed by atoms with E-state index in [1.165, 1.54) is 23.5 Å². The third-order valence-electron chi connectivity index (χ3n) is 5.94. The highest BCUT2D eigenvalue weighted by Gasteiger charge is 2.32. The third-order valence-corrected chi connectivity index (χ3v) is 8.88. The van der Waals surface area contributed by atoms with Crippen molar-refractivity contribution in [3.8, 4) is 0 Å². The zero-order valence-electron chi connectivity index (χ0n) is 18.4. The van der Waals surface area contributed by atoms with Crippen LogP contribution in [-0.2, 0) is 23.3 Å². The summed E-state index contributed by atoms with van der Waals surface area (Å²) in [6.45, 7) is 4.14. The van der Waals surface area contributed by atoms with E-state index in [0.29, 0.717) is 50.8 Å². The minimum Gasteiger partial charge on any atom is -0.346 e. The topological polar surface area (TPSA) is 98.7 Å². The molecule has 9 nitrogen and oxygen atoms in total. The fourth-order valence-corrected chi connectivity index (χ4v) is 6.48. The monoisotopic (exact) mass is 496 g/mol. The van der Waals surface area contributed by atoms with Gasteiger partial charge in [0.25, 0.3) is 16.1 Å². The molecule has 12 heteroatoms. The molecule has 0 atom stereocenters. The molecule has 2 aliphatic heterocycles. The zero-order valence-corrected chi connectivity index (χ0v) is 20.1. The van der Waals surface area contributed by atoms with Gasteiger partial charge in [-0.1, -0.05) is 36.3 Å². The molecule has 2 aromatic rings. The summed E-state index contributed by atoms with van der Waals surface area (Å²) in [4.78, 5) is 14.5. The van der Waals surface area contributed by atoms with Crippen LogP contribution in [0.3, 0.4) is 0 Å². The lowest BCUT2D eigenvalue weighted by molar-refractivity contribution is 0.0950. The molecule has 1 aromatic carbocycles. The SMILES string of the molecule is O=C(NCc1ccc(F)cc1)c1nnc(CN2CCN(S(=O)(=O)N3CCCCCC3)CC2)s1. The van der Waals surface area contributed by atoms with Crippen LogP contribution in [0.4, 0.5) is 4.39 Å². The molecule has 0 aliphatic carbocycles. The highest BCUT2D eigenvalue weighted by atomic mass is 32.2. The molecule has 180 valence electrons. The van der Waals surface area contributed by atoms with Gasteiger partial charge < -0.3 is 5.32 Å². The normalized spacial score (nSPS) is 19.3. The number of carbonyl (C=O) groups is 1. The van der Waals surface area contributed by atoms with Gasteiger partial charge in [0.1, 0.15) is 10.8 Å². The first-order chi connectivity index (χ1) is 15.9. The first-order valence-corrected chi connectivity index (χ1v) is 13.5. The third kappa shape index (κ3) is 6.33. The summed E-state index contributed by atoms with van der Waals surface area (Å²) in [7, 11) is -3.40. The Morgan fingerprint density at radius 1 is 0.939 bits per heavy atom. The van der Waals surface area contributed by atoms with Crippen molar-refractivity contribution in [3.63, 3.8) is 0 Å². The molecule has 0 radical (unpaired) electrons. The Morgan fingerprint density at radius 3 is 2.24 bits per heavy atom. The molecule has 0 saturated carbocycles. The molecule has 0 bridgehead atoms. The number of hydrogen-bond donors (Lipinski definition) is 1. The van der Waals surface area contributed by atoms with E-state index in [-0.39, 0.29) is 23.3 Å². The van der Waals surface area contributed by atoms with Gasteiger partial charge in [0, 0.05) is 45.8 Å². The van der Waals surface area contributed by atoms with E-state index in [4.69, 9.17) is 0 Å². The van der Waals surface area contributed by atoms with Crippen molar-refractivity contribution < 1.29 is 17.6 Å². The van der Waals surface area contributed by atoms with Crippen LogP contribution in [-0.4, -0.2) is 77.3 Å². The second-order valence-electron chi connectivity index (χ2n) is 8.31. The second-order valence-corrected chi connectivity index (χ2v) is 11.3. The van der Waals surface area contributed by atoms with E-state index < -0.39 is 10.2 Å². The van der Waals surface area contributed by atoms with Crippen LogP contribution in [0.1, 0.15) is 46.1 Å². The Bertz CT molecular complexity index is 1030. The standard InChI is InChI=1S/C21H29FN6O3S2/c22-18-7-5-17(6-8-18)15-23-20(29)21-25-24-19(32-21)16-26-11-13-28(14-12-26)33(30,31)27-9-3-1-2-4-10-27/h5-8H,1-4,9-16H2,(H,23,29). The summed E-state index contributed by atoms with van der Waals surface area (Å²) in [5.41, 5.74) is 0.794. The Morgan fingerprint density at radius 2 is 1.58 bits per heavy atom. The summed E-state index contributed by atoms with van der Waals surface area (Å²) in [5.74, 6) is -0.643. The molecule has 2 aliphatic rings. The molecule has 0 spiro atoms. The number of halogens is 1. The van der Waals surface area contributed by atoms with Crippen LogP contribution in [0.5, 0.6) is 0 Å². The van der Waals surface area contributed by atoms with Crippen molar-refractivity contribution in [3.05, 3.63) is 45.7 Å². The highest BCUT2D eigenvalue weighted by Crippen LogP contribution is 2.19. The van der Waals surface area contributed by atoms with Crippen LogP contribution >= 0.6 is 11.3 Å². The molecule has 1 N–H and O–H groups in total. The number of benzene rings is 1. The molecule has 3 heterocycles. The van der Waals surface area contributed by atoms with Crippen molar-refractivity contribution in [1.29, 1.82) is 0 Å². The maximum atomic E-state index is 13.0. The number of nitrogens with zero attached hydrogens (tertiary/aromatic N) is 5. The number of rotatable bonds is 7. The summed E-state index contributed by atoms with van der Waals surface area (Å²) in [6.07, 6.45) is 4.04. The summed E-state index contributed by atoms with van der Waals surface area (Å²) in [6, 6.07) is 5.94. The van der Waals surface area contributed by atoms with Gasteiger partial charge in [-0.25, -0.2) is 4.39 Å². The van der Waals surface area contributed by atoms with Gasteiger partial charge >= 0.3 is 0 Å². The zero-order chi connectivity index (χ0) is 23.3.